The smallest absolute Gasteiger partial charge is 0.240 e. The van der Waals surface area contributed by atoms with Gasteiger partial charge >= 0.3 is 0 Å². The van der Waals surface area contributed by atoms with Gasteiger partial charge in [-0.25, -0.2) is 13.1 Å². The lowest BCUT2D eigenvalue weighted by Crippen LogP contribution is -2.32. The Bertz CT molecular complexity index is 495. The van der Waals surface area contributed by atoms with E-state index < -0.39 is 10.0 Å². The van der Waals surface area contributed by atoms with Crippen molar-refractivity contribution in [1.82, 2.24) is 10.0 Å². The van der Waals surface area contributed by atoms with E-state index in [1.807, 2.05) is 0 Å². The largest absolute Gasteiger partial charge is 0.315 e. The predicted molar refractivity (Wildman–Crippen MR) is 84.5 cm³/mol. The fraction of sp³-hybridized carbons (Fsp3) is 0.500. The lowest BCUT2D eigenvalue weighted by molar-refractivity contribution is 0.575. The molecule has 0 radical (unpaired) electrons. The molecule has 0 amide bonds. The molecule has 1 aromatic rings. The molecule has 0 unspecified atom stereocenters. The highest BCUT2D eigenvalue weighted by molar-refractivity contribution is 9.10. The van der Waals surface area contributed by atoms with Crippen molar-refractivity contribution in [3.63, 3.8) is 0 Å². The van der Waals surface area contributed by atoms with Crippen LogP contribution in [0.3, 0.4) is 0 Å². The quantitative estimate of drug-likeness (QED) is 0.724. The minimum absolute atomic E-state index is 0. The summed E-state index contributed by atoms with van der Waals surface area (Å²) < 4.78 is 27.6. The van der Waals surface area contributed by atoms with Gasteiger partial charge in [0, 0.05) is 17.6 Å². The second-order valence-corrected chi connectivity index (χ2v) is 6.71. The summed E-state index contributed by atoms with van der Waals surface area (Å²) in [4.78, 5) is 0.334. The van der Waals surface area contributed by atoms with Crippen molar-refractivity contribution in [2.24, 2.45) is 0 Å². The number of benzene rings is 1. The summed E-state index contributed by atoms with van der Waals surface area (Å²) >= 11 is 3.32. The van der Waals surface area contributed by atoms with Crippen LogP contribution < -0.4 is 10.0 Å². The summed E-state index contributed by atoms with van der Waals surface area (Å²) in [6, 6.07) is 5.14. The monoisotopic (exact) mass is 370 g/mol. The molecule has 0 aliphatic carbocycles. The van der Waals surface area contributed by atoms with Crippen molar-refractivity contribution in [1.29, 1.82) is 0 Å². The first-order valence-corrected chi connectivity index (χ1v) is 8.21. The van der Waals surface area contributed by atoms with Gasteiger partial charge in [0.15, 0.2) is 0 Å². The van der Waals surface area contributed by atoms with Crippen LogP contribution in [0.4, 0.5) is 0 Å². The first-order chi connectivity index (χ1) is 8.47. The van der Waals surface area contributed by atoms with Gasteiger partial charge in [-0.2, -0.15) is 0 Å². The number of hydrogen-bond donors (Lipinski definition) is 2. The zero-order valence-electron chi connectivity index (χ0n) is 11.1. The summed E-state index contributed by atoms with van der Waals surface area (Å²) in [5, 5.41) is 3.15. The van der Waals surface area contributed by atoms with Gasteiger partial charge in [0.1, 0.15) is 0 Å². The van der Waals surface area contributed by atoms with Crippen molar-refractivity contribution in [3.05, 3.63) is 28.2 Å². The van der Waals surface area contributed by atoms with Crippen LogP contribution in [0, 0.1) is 6.92 Å². The van der Waals surface area contributed by atoms with E-state index in [1.54, 1.807) is 25.1 Å². The molecular weight excluding hydrogens is 352 g/mol. The zero-order chi connectivity index (χ0) is 13.6. The fourth-order valence-electron chi connectivity index (χ4n) is 1.57. The van der Waals surface area contributed by atoms with E-state index in [0.717, 1.165) is 23.0 Å². The summed E-state index contributed by atoms with van der Waals surface area (Å²) in [7, 11) is -3.41. The molecule has 7 heteroatoms. The fourth-order valence-corrected chi connectivity index (χ4v) is 3.30. The molecule has 0 aliphatic heterocycles. The lowest BCUT2D eigenvalue weighted by atomic mass is 10.2. The lowest BCUT2D eigenvalue weighted by Gasteiger charge is -2.10. The van der Waals surface area contributed by atoms with Crippen molar-refractivity contribution >= 4 is 38.4 Å². The average Bonchev–Trinajstić information content (AvgIpc) is 2.28. The van der Waals surface area contributed by atoms with Crippen molar-refractivity contribution in [3.8, 4) is 0 Å². The molecule has 0 saturated heterocycles. The van der Waals surface area contributed by atoms with Crippen LogP contribution in [0.5, 0.6) is 0 Å². The molecule has 2 N–H and O–H groups in total. The van der Waals surface area contributed by atoms with E-state index in [0.29, 0.717) is 18.0 Å². The van der Waals surface area contributed by atoms with E-state index in [-0.39, 0.29) is 12.4 Å². The maximum atomic E-state index is 12.0. The van der Waals surface area contributed by atoms with Crippen LogP contribution in [-0.4, -0.2) is 28.1 Å². The summed E-state index contributed by atoms with van der Waals surface area (Å²) in [6.07, 6.45) is 1.04. The Morgan fingerprint density at radius 2 is 1.89 bits per heavy atom. The van der Waals surface area contributed by atoms with Gasteiger partial charge in [0.05, 0.1) is 4.90 Å². The highest BCUT2D eigenvalue weighted by Gasteiger charge is 2.15. The third-order valence-electron chi connectivity index (χ3n) is 2.45. The van der Waals surface area contributed by atoms with Crippen LogP contribution in [0.2, 0.25) is 0 Å². The maximum absolute atomic E-state index is 12.0. The van der Waals surface area contributed by atoms with E-state index in [4.69, 9.17) is 0 Å². The van der Waals surface area contributed by atoms with Gasteiger partial charge < -0.3 is 5.32 Å². The first-order valence-electron chi connectivity index (χ1n) is 5.94. The van der Waals surface area contributed by atoms with E-state index in [2.05, 4.69) is 32.9 Å². The minimum atomic E-state index is -3.41. The van der Waals surface area contributed by atoms with Gasteiger partial charge in [0.2, 0.25) is 10.0 Å². The Hall–Kier alpha value is -0.140. The Balaban J connectivity index is 0.00000324. The second kappa shape index (κ2) is 8.92. The Morgan fingerprint density at radius 3 is 2.47 bits per heavy atom. The van der Waals surface area contributed by atoms with Gasteiger partial charge in [0.25, 0.3) is 0 Å². The van der Waals surface area contributed by atoms with Crippen molar-refractivity contribution in [2.75, 3.05) is 19.6 Å². The molecule has 19 heavy (non-hydrogen) atoms. The molecule has 0 bridgehead atoms. The number of halogens is 2. The van der Waals surface area contributed by atoms with Crippen molar-refractivity contribution in [2.45, 2.75) is 25.2 Å². The molecule has 0 aromatic heterocycles. The number of hydrogen-bond acceptors (Lipinski definition) is 3. The van der Waals surface area contributed by atoms with E-state index >= 15 is 0 Å². The molecule has 0 saturated carbocycles. The Labute approximate surface area is 130 Å². The van der Waals surface area contributed by atoms with Crippen LogP contribution in [-0.2, 0) is 10.0 Å². The predicted octanol–water partition coefficient (Wildman–Crippen LogP) is 2.46. The normalized spacial score (nSPS) is 11.1. The third kappa shape index (κ3) is 6.23. The SMILES string of the molecule is CCCNCCNS(=O)(=O)c1ccc(Br)cc1C.Cl. The van der Waals surface area contributed by atoms with Crippen LogP contribution in [0.1, 0.15) is 18.9 Å². The Kier molecular flexibility index (Phi) is 8.85. The number of aryl methyl sites for hydroxylation is 1. The molecule has 1 aromatic carbocycles. The average molecular weight is 372 g/mol. The zero-order valence-corrected chi connectivity index (χ0v) is 14.3. The summed E-state index contributed by atoms with van der Waals surface area (Å²) in [6.45, 7) is 5.80. The van der Waals surface area contributed by atoms with E-state index in [9.17, 15) is 8.42 Å². The second-order valence-electron chi connectivity index (χ2n) is 4.06. The van der Waals surface area contributed by atoms with Crippen molar-refractivity contribution < 1.29 is 8.42 Å². The Morgan fingerprint density at radius 1 is 1.21 bits per heavy atom. The van der Waals surface area contributed by atoms with Gasteiger partial charge in [-0.15, -0.1) is 12.4 Å². The summed E-state index contributed by atoms with van der Waals surface area (Å²) in [5.74, 6) is 0. The maximum Gasteiger partial charge on any atom is 0.240 e. The van der Waals surface area contributed by atoms with Gasteiger partial charge in [-0.1, -0.05) is 22.9 Å². The standard InChI is InChI=1S/C12H19BrN2O2S.ClH/c1-3-6-14-7-8-15-18(16,17)12-5-4-11(13)9-10(12)2;/h4-5,9,14-15H,3,6-8H2,1-2H3;1H. The van der Waals surface area contributed by atoms with E-state index in [1.165, 1.54) is 0 Å². The highest BCUT2D eigenvalue weighted by atomic mass is 79.9. The molecule has 0 aliphatic rings. The third-order valence-corrected chi connectivity index (χ3v) is 4.56. The molecule has 0 heterocycles. The number of sulfonamides is 1. The van der Waals surface area contributed by atoms with Crippen LogP contribution in [0.15, 0.2) is 27.6 Å². The first kappa shape index (κ1) is 18.9. The molecule has 110 valence electrons. The molecule has 4 nitrogen and oxygen atoms in total. The highest BCUT2D eigenvalue weighted by Crippen LogP contribution is 2.19. The molecule has 1 rings (SSSR count). The van der Waals surface area contributed by atoms with Gasteiger partial charge in [-0.3, -0.25) is 0 Å². The molecule has 0 fully saturated rings. The van der Waals surface area contributed by atoms with Gasteiger partial charge in [-0.05, 0) is 43.7 Å². The topological polar surface area (TPSA) is 58.2 Å². The van der Waals surface area contributed by atoms with Crippen LogP contribution in [0.25, 0.3) is 0 Å². The molecule has 0 atom stereocenters. The number of rotatable bonds is 7. The minimum Gasteiger partial charge on any atom is -0.315 e. The van der Waals surface area contributed by atoms with Crippen LogP contribution >= 0.6 is 28.3 Å². The molecular formula is C12H20BrClN2O2S. The summed E-state index contributed by atoms with van der Waals surface area (Å²) in [5.41, 5.74) is 0.735. The number of nitrogens with one attached hydrogen (secondary N) is 2. The molecule has 0 spiro atoms.